The minimum absolute atomic E-state index is 0.126. The zero-order chi connectivity index (χ0) is 28.0. The van der Waals surface area contributed by atoms with E-state index in [2.05, 4.69) is 0 Å². The van der Waals surface area contributed by atoms with E-state index in [0.29, 0.717) is 29.3 Å². The van der Waals surface area contributed by atoms with E-state index in [1.165, 1.54) is 27.7 Å². The van der Waals surface area contributed by atoms with Crippen LogP contribution in [0.1, 0.15) is 83.2 Å². The molecule has 0 aliphatic heterocycles. The Hall–Kier alpha value is -2.41. The van der Waals surface area contributed by atoms with Gasteiger partial charge in [0.1, 0.15) is 0 Å². The summed E-state index contributed by atoms with van der Waals surface area (Å²) in [6.07, 6.45) is -11.4. The van der Waals surface area contributed by atoms with Gasteiger partial charge in [0.2, 0.25) is 18.2 Å². The normalized spacial score (nSPS) is 14.6. The summed E-state index contributed by atoms with van der Waals surface area (Å²) in [5.41, 5.74) is -7.67. The van der Waals surface area contributed by atoms with Gasteiger partial charge in [-0.2, -0.15) is 26.3 Å². The van der Waals surface area contributed by atoms with E-state index in [-0.39, 0.29) is 11.0 Å². The molecule has 0 heterocycles. The van der Waals surface area contributed by atoms with Gasteiger partial charge in [-0.3, -0.25) is 9.59 Å². The van der Waals surface area contributed by atoms with Gasteiger partial charge < -0.3 is 4.57 Å². The molecule has 0 amide bonds. The fraction of sp³-hybridized carbons (Fsp3) is 0.462. The van der Waals surface area contributed by atoms with Gasteiger partial charge >= 0.3 is 12.4 Å². The van der Waals surface area contributed by atoms with Crippen molar-refractivity contribution in [3.8, 4) is 0 Å². The Labute approximate surface area is 206 Å². The minimum atomic E-state index is -5.35. The molecular weight excluding hydrogens is 505 g/mol. The van der Waals surface area contributed by atoms with Gasteiger partial charge in [-0.1, -0.05) is 52.8 Å². The third-order valence-corrected chi connectivity index (χ3v) is 8.78. The predicted molar refractivity (Wildman–Crippen MR) is 127 cm³/mol. The van der Waals surface area contributed by atoms with Gasteiger partial charge in [-0.25, -0.2) is 0 Å². The lowest BCUT2D eigenvalue weighted by molar-refractivity contribution is -0.143. The van der Waals surface area contributed by atoms with Crippen molar-refractivity contribution in [2.24, 2.45) is 5.92 Å². The lowest BCUT2D eigenvalue weighted by Gasteiger charge is -2.25. The van der Waals surface area contributed by atoms with Crippen molar-refractivity contribution in [1.29, 1.82) is 0 Å². The summed E-state index contributed by atoms with van der Waals surface area (Å²) in [6.45, 7) is 11.8. The first-order chi connectivity index (χ1) is 16.1. The molecule has 3 nitrogen and oxygen atoms in total. The van der Waals surface area contributed by atoms with Crippen molar-refractivity contribution in [3.63, 3.8) is 0 Å². The molecule has 0 N–H and O–H groups in total. The van der Waals surface area contributed by atoms with Gasteiger partial charge in [-0.05, 0) is 54.0 Å². The molecule has 0 saturated carbocycles. The Morgan fingerprint density at radius 1 is 0.806 bits per heavy atom. The second kappa shape index (κ2) is 9.81. The molecule has 1 atom stereocenters. The molecule has 0 saturated heterocycles. The Morgan fingerprint density at radius 3 is 1.53 bits per heavy atom. The Kier molecular flexibility index (Phi) is 8.12. The second-order valence-electron chi connectivity index (χ2n) is 10.4. The van der Waals surface area contributed by atoms with Crippen molar-refractivity contribution in [2.75, 3.05) is 6.16 Å². The molecule has 0 aromatic heterocycles. The smallest absolute Gasteiger partial charge is 0.307 e. The quantitative estimate of drug-likeness (QED) is 0.275. The topological polar surface area (TPSA) is 51.2 Å². The van der Waals surface area contributed by atoms with Crippen molar-refractivity contribution in [3.05, 3.63) is 69.3 Å². The maximum Gasteiger partial charge on any atom is 0.417 e. The summed E-state index contributed by atoms with van der Waals surface area (Å²) in [4.78, 5) is 27.2. The predicted octanol–water partition coefficient (Wildman–Crippen LogP) is 8.64. The minimum Gasteiger partial charge on any atom is -0.307 e. The van der Waals surface area contributed by atoms with Crippen molar-refractivity contribution in [2.45, 2.75) is 66.2 Å². The van der Waals surface area contributed by atoms with E-state index >= 15 is 0 Å². The molecular formula is C26H29F6O3P. The van der Waals surface area contributed by atoms with E-state index < -0.39 is 59.3 Å². The number of rotatable bonds is 6. The average molecular weight is 534 g/mol. The number of benzene rings is 2. The van der Waals surface area contributed by atoms with Crippen molar-refractivity contribution in [1.82, 2.24) is 0 Å². The summed E-state index contributed by atoms with van der Waals surface area (Å²) in [5, 5.41) is 0. The Balaban J connectivity index is 2.89. The van der Waals surface area contributed by atoms with E-state index in [1.54, 1.807) is 12.1 Å². The molecule has 1 unspecified atom stereocenters. The number of hydrogen-bond donors (Lipinski definition) is 0. The highest BCUT2D eigenvalue weighted by molar-refractivity contribution is 7.95. The first-order valence-corrected chi connectivity index (χ1v) is 13.1. The monoisotopic (exact) mass is 534 g/mol. The SMILES string of the molecule is Cc1cc(C(C)(C)C)cc(C)c1C(=O)P(=O)(CC(C)C)C(=O)c1c(C(F)(F)F)cccc1C(F)(F)F. The summed E-state index contributed by atoms with van der Waals surface area (Å²) in [7, 11) is -4.98. The van der Waals surface area contributed by atoms with Crippen LogP contribution in [-0.2, 0) is 22.3 Å². The van der Waals surface area contributed by atoms with Gasteiger partial charge in [0.25, 0.3) is 0 Å². The van der Waals surface area contributed by atoms with Crippen LogP contribution in [0.3, 0.4) is 0 Å². The standard InChI is InChI=1S/C26H29F6O3P/c1-14(2)13-36(35,22(33)20-15(3)11-17(12-16(20)4)24(5,6)7)23(34)21-18(25(27,28)29)9-8-10-19(21)26(30,31)32/h8-12,14H,13H2,1-7H3. The number of hydrogen-bond acceptors (Lipinski definition) is 3. The summed E-state index contributed by atoms with van der Waals surface area (Å²) in [6, 6.07) is 4.46. The van der Waals surface area contributed by atoms with Gasteiger partial charge in [0.05, 0.1) is 16.7 Å². The third-order valence-electron chi connectivity index (χ3n) is 5.78. The summed E-state index contributed by atoms with van der Waals surface area (Å²) >= 11 is 0. The zero-order valence-corrected chi connectivity index (χ0v) is 22.0. The van der Waals surface area contributed by atoms with Gasteiger partial charge in [0.15, 0.2) is 0 Å². The fourth-order valence-corrected chi connectivity index (χ4v) is 6.98. The lowest BCUT2D eigenvalue weighted by atomic mass is 9.84. The molecule has 10 heteroatoms. The van der Waals surface area contributed by atoms with Crippen LogP contribution < -0.4 is 0 Å². The molecule has 0 spiro atoms. The number of aryl methyl sites for hydroxylation is 2. The van der Waals surface area contributed by atoms with Crippen molar-refractivity contribution < 1.29 is 40.5 Å². The molecule has 2 aromatic rings. The molecule has 0 radical (unpaired) electrons. The number of carbonyl (C=O) groups excluding carboxylic acids is 2. The molecule has 2 rings (SSSR count). The molecule has 0 bridgehead atoms. The highest BCUT2D eigenvalue weighted by Gasteiger charge is 2.50. The third kappa shape index (κ3) is 5.93. The highest BCUT2D eigenvalue weighted by Crippen LogP contribution is 2.56. The fourth-order valence-electron chi connectivity index (χ4n) is 4.12. The molecule has 198 valence electrons. The highest BCUT2D eigenvalue weighted by atomic mass is 31.2. The summed E-state index contributed by atoms with van der Waals surface area (Å²) < 4.78 is 96.6. The van der Waals surface area contributed by atoms with Gasteiger partial charge in [0, 0.05) is 11.7 Å². The van der Waals surface area contributed by atoms with Crippen LogP contribution in [0.15, 0.2) is 30.3 Å². The van der Waals surface area contributed by atoms with Crippen LogP contribution in [0.5, 0.6) is 0 Å². The van der Waals surface area contributed by atoms with Crippen LogP contribution in [0, 0.1) is 19.8 Å². The van der Waals surface area contributed by atoms with Gasteiger partial charge in [-0.15, -0.1) is 0 Å². The molecule has 36 heavy (non-hydrogen) atoms. The molecule has 2 aromatic carbocycles. The first kappa shape index (κ1) is 29.8. The number of halogens is 6. The van der Waals surface area contributed by atoms with Crippen LogP contribution in [0.2, 0.25) is 0 Å². The largest absolute Gasteiger partial charge is 0.417 e. The van der Waals surface area contributed by atoms with Crippen molar-refractivity contribution >= 4 is 18.2 Å². The first-order valence-electron chi connectivity index (χ1n) is 11.2. The van der Waals surface area contributed by atoms with Crippen LogP contribution in [0.25, 0.3) is 0 Å². The Morgan fingerprint density at radius 2 is 1.19 bits per heavy atom. The van der Waals surface area contributed by atoms with E-state index in [4.69, 9.17) is 0 Å². The maximum absolute atomic E-state index is 14.1. The molecule has 0 fully saturated rings. The Bertz CT molecular complexity index is 1180. The lowest BCUT2D eigenvalue weighted by Crippen LogP contribution is -2.24. The molecule has 0 aliphatic carbocycles. The number of alkyl halides is 6. The second-order valence-corrected chi connectivity index (χ2v) is 13.0. The van der Waals surface area contributed by atoms with E-state index in [1.807, 2.05) is 20.8 Å². The van der Waals surface area contributed by atoms with Crippen LogP contribution in [0.4, 0.5) is 26.3 Å². The molecule has 0 aliphatic rings. The van der Waals surface area contributed by atoms with Crippen LogP contribution in [-0.4, -0.2) is 17.2 Å². The number of carbonyl (C=O) groups is 2. The van der Waals surface area contributed by atoms with Crippen LogP contribution >= 0.6 is 7.14 Å². The maximum atomic E-state index is 14.1. The zero-order valence-electron chi connectivity index (χ0n) is 21.1. The average Bonchev–Trinajstić information content (AvgIpc) is 2.69. The van der Waals surface area contributed by atoms with E-state index in [0.717, 1.165) is 5.56 Å². The van der Waals surface area contributed by atoms with E-state index in [9.17, 15) is 40.5 Å². The summed E-state index contributed by atoms with van der Waals surface area (Å²) in [5.74, 6) is -0.634.